The summed E-state index contributed by atoms with van der Waals surface area (Å²) in [5.74, 6) is 3.02. The molecule has 0 aliphatic carbocycles. The summed E-state index contributed by atoms with van der Waals surface area (Å²) in [5.41, 5.74) is 3.36. The molecule has 34 heavy (non-hydrogen) atoms. The maximum atomic E-state index is 12.8. The maximum absolute atomic E-state index is 12.8. The Balaban J connectivity index is 1.61. The lowest BCUT2D eigenvalue weighted by Gasteiger charge is -2.31. The third-order valence-corrected chi connectivity index (χ3v) is 7.22. The number of fused-ring (bicyclic) bond motifs is 1. The van der Waals surface area contributed by atoms with Crippen LogP contribution in [0.4, 0.5) is 5.95 Å². The number of benzene rings is 1. The molecule has 2 fully saturated rings. The zero-order chi connectivity index (χ0) is 23.8. The van der Waals surface area contributed by atoms with E-state index in [1.165, 1.54) is 12.8 Å². The monoisotopic (exact) mass is 463 g/mol. The van der Waals surface area contributed by atoms with Crippen molar-refractivity contribution in [2.24, 2.45) is 13.0 Å². The highest BCUT2D eigenvalue weighted by atomic mass is 16.5. The topological polar surface area (TPSA) is 72.7 Å². The summed E-state index contributed by atoms with van der Waals surface area (Å²) in [6.45, 7) is 7.15. The van der Waals surface area contributed by atoms with Crippen LogP contribution in [0, 0.1) is 5.92 Å². The number of hydrogen-bond donors (Lipinski definition) is 0. The highest BCUT2D eigenvalue weighted by molar-refractivity contribution is 5.93. The Bertz CT molecular complexity index is 1230. The molecule has 8 nitrogen and oxygen atoms in total. The van der Waals surface area contributed by atoms with Crippen LogP contribution in [0.3, 0.4) is 0 Å². The molecule has 180 valence electrons. The van der Waals surface area contributed by atoms with Crippen molar-refractivity contribution in [3.63, 3.8) is 0 Å². The number of rotatable bonds is 6. The molecule has 0 atom stereocenters. The largest absolute Gasteiger partial charge is 0.496 e. The molecule has 1 aromatic carbocycles. The van der Waals surface area contributed by atoms with Gasteiger partial charge < -0.3 is 18.9 Å². The Morgan fingerprint density at radius 2 is 1.74 bits per heavy atom. The maximum Gasteiger partial charge on any atom is 0.261 e. The number of hydrogen-bond acceptors (Lipinski definition) is 7. The van der Waals surface area contributed by atoms with Gasteiger partial charge in [-0.2, -0.15) is 0 Å². The van der Waals surface area contributed by atoms with E-state index in [9.17, 15) is 4.79 Å². The fourth-order valence-corrected chi connectivity index (χ4v) is 4.86. The first-order valence-electron chi connectivity index (χ1n) is 12.1. The zero-order valence-electron chi connectivity index (χ0n) is 20.5. The molecule has 0 amide bonds. The Labute approximate surface area is 200 Å². The number of pyridine rings is 1. The molecule has 0 spiro atoms. The van der Waals surface area contributed by atoms with Gasteiger partial charge in [0.25, 0.3) is 5.56 Å². The zero-order valence-corrected chi connectivity index (χ0v) is 20.5. The first kappa shape index (κ1) is 22.7. The molecule has 5 rings (SSSR count). The van der Waals surface area contributed by atoms with Gasteiger partial charge in [-0.1, -0.05) is 6.92 Å². The first-order valence-corrected chi connectivity index (χ1v) is 12.1. The summed E-state index contributed by atoms with van der Waals surface area (Å²) in [7, 11) is 5.15. The molecule has 0 bridgehead atoms. The summed E-state index contributed by atoms with van der Waals surface area (Å²) in [6.07, 6.45) is 7.06. The quantitative estimate of drug-likeness (QED) is 0.554. The molecule has 0 unspecified atom stereocenters. The molecule has 8 heteroatoms. The van der Waals surface area contributed by atoms with Gasteiger partial charge in [0.05, 0.1) is 30.7 Å². The minimum absolute atomic E-state index is 0.108. The van der Waals surface area contributed by atoms with Gasteiger partial charge in [-0.3, -0.25) is 9.69 Å². The van der Waals surface area contributed by atoms with Crippen LogP contribution in [0.2, 0.25) is 0 Å². The number of nitrogens with zero attached hydrogens (tertiary/aromatic N) is 5. The van der Waals surface area contributed by atoms with Crippen LogP contribution in [0.15, 0.2) is 29.3 Å². The molecular formula is C26H33N5O3. The molecule has 2 aromatic heterocycles. The lowest BCUT2D eigenvalue weighted by molar-refractivity contribution is 0.181. The van der Waals surface area contributed by atoms with Gasteiger partial charge in [0.2, 0.25) is 5.95 Å². The van der Waals surface area contributed by atoms with Crippen molar-refractivity contribution in [3.05, 3.63) is 40.4 Å². The SMILES string of the molecule is COc1cc(-c2cn(C)c(=O)c3cnc(N4CCC4)nc23)cc(OC)c1CN1CCC(C)CC1. The van der Waals surface area contributed by atoms with Gasteiger partial charge in [0.15, 0.2) is 0 Å². The van der Waals surface area contributed by atoms with E-state index in [0.717, 1.165) is 73.3 Å². The van der Waals surface area contributed by atoms with Crippen molar-refractivity contribution in [1.29, 1.82) is 0 Å². The van der Waals surface area contributed by atoms with Crippen LogP contribution in [-0.4, -0.2) is 59.8 Å². The Morgan fingerprint density at radius 1 is 1.06 bits per heavy atom. The first-order chi connectivity index (χ1) is 16.5. The Morgan fingerprint density at radius 3 is 2.32 bits per heavy atom. The van der Waals surface area contributed by atoms with Gasteiger partial charge in [-0.05, 0) is 56.0 Å². The number of aryl methyl sites for hydroxylation is 1. The molecule has 0 radical (unpaired) electrons. The highest BCUT2D eigenvalue weighted by Gasteiger charge is 2.23. The summed E-state index contributed by atoms with van der Waals surface area (Å²) < 4.78 is 13.3. The van der Waals surface area contributed by atoms with E-state index in [4.69, 9.17) is 14.5 Å². The Hall–Kier alpha value is -3.13. The standard InChI is InChI=1S/C26H33N5O3/c1-17-6-10-30(11-7-17)16-21-22(33-3)12-18(13-23(21)34-4)20-15-29(2)25(32)19-14-27-26(28-24(19)20)31-8-5-9-31/h12-15,17H,5-11,16H2,1-4H3. The van der Waals surface area contributed by atoms with Gasteiger partial charge >= 0.3 is 0 Å². The number of aromatic nitrogens is 3. The summed E-state index contributed by atoms with van der Waals surface area (Å²) in [4.78, 5) is 26.7. The average Bonchev–Trinajstić information content (AvgIpc) is 2.81. The van der Waals surface area contributed by atoms with Crippen molar-refractivity contribution in [2.75, 3.05) is 45.3 Å². The van der Waals surface area contributed by atoms with Crippen molar-refractivity contribution in [2.45, 2.75) is 32.7 Å². The molecule has 2 aliphatic rings. The molecule has 0 N–H and O–H groups in total. The summed E-state index contributed by atoms with van der Waals surface area (Å²) in [5, 5.41) is 0.508. The number of likely N-dealkylation sites (tertiary alicyclic amines) is 1. The van der Waals surface area contributed by atoms with E-state index in [2.05, 4.69) is 21.7 Å². The van der Waals surface area contributed by atoms with Gasteiger partial charge in [0, 0.05) is 44.6 Å². The van der Waals surface area contributed by atoms with Crippen molar-refractivity contribution >= 4 is 16.9 Å². The van der Waals surface area contributed by atoms with Crippen LogP contribution < -0.4 is 19.9 Å². The predicted molar refractivity (Wildman–Crippen MR) is 134 cm³/mol. The summed E-state index contributed by atoms with van der Waals surface area (Å²) in [6, 6.07) is 4.07. The lowest BCUT2D eigenvalue weighted by atomic mass is 9.97. The predicted octanol–water partition coefficient (Wildman–Crippen LogP) is 3.45. The van der Waals surface area contributed by atoms with Crippen LogP contribution in [0.5, 0.6) is 11.5 Å². The lowest BCUT2D eigenvalue weighted by Crippen LogP contribution is -2.38. The van der Waals surface area contributed by atoms with Crippen LogP contribution in [-0.2, 0) is 13.6 Å². The number of piperidine rings is 1. The van der Waals surface area contributed by atoms with Crippen LogP contribution >= 0.6 is 0 Å². The van der Waals surface area contributed by atoms with E-state index in [1.54, 1.807) is 32.0 Å². The van der Waals surface area contributed by atoms with Gasteiger partial charge in [0.1, 0.15) is 11.5 Å². The third-order valence-electron chi connectivity index (χ3n) is 7.22. The fraction of sp³-hybridized carbons (Fsp3) is 0.500. The second-order valence-corrected chi connectivity index (χ2v) is 9.55. The smallest absolute Gasteiger partial charge is 0.261 e. The van der Waals surface area contributed by atoms with Crippen molar-refractivity contribution in [1.82, 2.24) is 19.4 Å². The number of methoxy groups -OCH3 is 2. The molecule has 2 aliphatic heterocycles. The normalized spacial score (nSPS) is 17.1. The van der Waals surface area contributed by atoms with Crippen molar-refractivity contribution in [3.8, 4) is 22.6 Å². The molecule has 4 heterocycles. The number of anilines is 1. The molecule has 3 aromatic rings. The summed E-state index contributed by atoms with van der Waals surface area (Å²) >= 11 is 0. The fourth-order valence-electron chi connectivity index (χ4n) is 4.86. The van der Waals surface area contributed by atoms with Crippen LogP contribution in [0.1, 0.15) is 31.7 Å². The van der Waals surface area contributed by atoms with E-state index < -0.39 is 0 Å². The minimum Gasteiger partial charge on any atom is -0.496 e. The van der Waals surface area contributed by atoms with Gasteiger partial charge in [-0.25, -0.2) is 9.97 Å². The van der Waals surface area contributed by atoms with Crippen LogP contribution in [0.25, 0.3) is 22.0 Å². The molecule has 2 saturated heterocycles. The average molecular weight is 464 g/mol. The van der Waals surface area contributed by atoms with Gasteiger partial charge in [-0.15, -0.1) is 0 Å². The molecular weight excluding hydrogens is 430 g/mol. The minimum atomic E-state index is -0.108. The second-order valence-electron chi connectivity index (χ2n) is 9.55. The second kappa shape index (κ2) is 9.25. The third kappa shape index (κ3) is 4.11. The van der Waals surface area contributed by atoms with E-state index >= 15 is 0 Å². The van der Waals surface area contributed by atoms with E-state index in [-0.39, 0.29) is 5.56 Å². The van der Waals surface area contributed by atoms with Crippen molar-refractivity contribution < 1.29 is 9.47 Å². The van der Waals surface area contributed by atoms with E-state index in [1.807, 2.05) is 18.3 Å². The van der Waals surface area contributed by atoms with E-state index in [0.29, 0.717) is 16.9 Å². The molecule has 0 saturated carbocycles. The number of ether oxygens (including phenoxy) is 2. The highest BCUT2D eigenvalue weighted by Crippen LogP contribution is 2.38. The Kier molecular flexibility index (Phi) is 6.16.